The van der Waals surface area contributed by atoms with Gasteiger partial charge in [0.2, 0.25) is 5.91 Å². The number of piperidine rings is 1. The predicted molar refractivity (Wildman–Crippen MR) is 79.1 cm³/mol. The monoisotopic (exact) mass is 278 g/mol. The van der Waals surface area contributed by atoms with Crippen molar-refractivity contribution in [2.45, 2.75) is 32.7 Å². The van der Waals surface area contributed by atoms with Crippen LogP contribution in [0.25, 0.3) is 0 Å². The molecule has 20 heavy (non-hydrogen) atoms. The molecule has 1 aliphatic heterocycles. The minimum atomic E-state index is 0.229. The first-order valence-corrected chi connectivity index (χ1v) is 7.48. The minimum absolute atomic E-state index is 0.229. The molecule has 1 amide bonds. The molecule has 1 aromatic rings. The average Bonchev–Trinajstić information content (AvgIpc) is 2.85. The van der Waals surface area contributed by atoms with E-state index in [4.69, 9.17) is 0 Å². The summed E-state index contributed by atoms with van der Waals surface area (Å²) in [6.45, 7) is 5.02. The van der Waals surface area contributed by atoms with Crippen molar-refractivity contribution in [3.63, 3.8) is 0 Å². The van der Waals surface area contributed by atoms with E-state index in [0.717, 1.165) is 18.7 Å². The third kappa shape index (κ3) is 4.07. The van der Waals surface area contributed by atoms with Gasteiger partial charge in [0, 0.05) is 38.8 Å². The zero-order valence-electron chi connectivity index (χ0n) is 12.8. The van der Waals surface area contributed by atoms with Crippen molar-refractivity contribution < 1.29 is 4.79 Å². The van der Waals surface area contributed by atoms with Crippen molar-refractivity contribution in [3.8, 4) is 0 Å². The Morgan fingerprint density at radius 3 is 3.05 bits per heavy atom. The fourth-order valence-corrected chi connectivity index (χ4v) is 2.88. The summed E-state index contributed by atoms with van der Waals surface area (Å²) in [6, 6.07) is 0. The number of hydrogen-bond donors (Lipinski definition) is 1. The average molecular weight is 278 g/mol. The highest BCUT2D eigenvalue weighted by Crippen LogP contribution is 2.23. The highest BCUT2D eigenvalue weighted by molar-refractivity contribution is 5.76. The molecule has 0 bridgehead atoms. The van der Waals surface area contributed by atoms with Gasteiger partial charge in [-0.1, -0.05) is 6.92 Å². The van der Waals surface area contributed by atoms with Crippen LogP contribution in [0.4, 0.5) is 0 Å². The fraction of sp³-hybridized carbons (Fsp3) is 0.733. The molecule has 112 valence electrons. The number of nitrogens with one attached hydrogen (secondary N) is 1. The summed E-state index contributed by atoms with van der Waals surface area (Å²) < 4.78 is 1.77. The molecule has 0 saturated carbocycles. The number of aryl methyl sites for hydroxylation is 1. The number of rotatable bonds is 5. The topological polar surface area (TPSA) is 50.2 Å². The van der Waals surface area contributed by atoms with Gasteiger partial charge >= 0.3 is 0 Å². The molecule has 0 aromatic carbocycles. The van der Waals surface area contributed by atoms with Gasteiger partial charge in [0.25, 0.3) is 0 Å². The fourth-order valence-electron chi connectivity index (χ4n) is 2.88. The molecular weight excluding hydrogens is 252 g/mol. The van der Waals surface area contributed by atoms with Gasteiger partial charge in [-0.25, -0.2) is 0 Å². The van der Waals surface area contributed by atoms with Gasteiger partial charge in [0.05, 0.1) is 6.20 Å². The number of carbonyl (C=O) groups is 1. The maximum atomic E-state index is 12.3. The predicted octanol–water partition coefficient (Wildman–Crippen LogP) is 1.40. The molecule has 1 N–H and O–H groups in total. The van der Waals surface area contributed by atoms with Crippen LogP contribution < -0.4 is 5.32 Å². The molecule has 5 nitrogen and oxygen atoms in total. The number of nitrogens with zero attached hydrogens (tertiary/aromatic N) is 3. The van der Waals surface area contributed by atoms with Crippen molar-refractivity contribution in [3.05, 3.63) is 18.0 Å². The van der Waals surface area contributed by atoms with Gasteiger partial charge in [-0.3, -0.25) is 9.48 Å². The molecule has 1 aliphatic rings. The van der Waals surface area contributed by atoms with E-state index in [-0.39, 0.29) is 5.91 Å². The normalized spacial score (nSPS) is 20.6. The molecule has 2 heterocycles. The van der Waals surface area contributed by atoms with E-state index in [1.54, 1.807) is 4.68 Å². The SMILES string of the molecule is CC(CC(=O)N(C)Cc1cnn(C)c1)C1CCCNC1. The zero-order chi connectivity index (χ0) is 14.5. The van der Waals surface area contributed by atoms with Gasteiger partial charge < -0.3 is 10.2 Å². The lowest BCUT2D eigenvalue weighted by Gasteiger charge is -2.29. The molecule has 1 fully saturated rings. The second-order valence-corrected chi connectivity index (χ2v) is 6.06. The van der Waals surface area contributed by atoms with Crippen LogP contribution >= 0.6 is 0 Å². The summed E-state index contributed by atoms with van der Waals surface area (Å²) in [4.78, 5) is 14.1. The van der Waals surface area contributed by atoms with E-state index in [2.05, 4.69) is 17.3 Å². The van der Waals surface area contributed by atoms with E-state index >= 15 is 0 Å². The van der Waals surface area contributed by atoms with Gasteiger partial charge in [-0.05, 0) is 37.8 Å². The molecule has 5 heteroatoms. The van der Waals surface area contributed by atoms with E-state index in [9.17, 15) is 4.79 Å². The Hall–Kier alpha value is -1.36. The minimum Gasteiger partial charge on any atom is -0.341 e. The van der Waals surface area contributed by atoms with Crippen molar-refractivity contribution in [1.29, 1.82) is 0 Å². The molecule has 1 aromatic heterocycles. The number of carbonyl (C=O) groups excluding carboxylic acids is 1. The van der Waals surface area contributed by atoms with Crippen LogP contribution in [0, 0.1) is 11.8 Å². The van der Waals surface area contributed by atoms with Gasteiger partial charge in [0.15, 0.2) is 0 Å². The summed E-state index contributed by atoms with van der Waals surface area (Å²) >= 11 is 0. The van der Waals surface area contributed by atoms with Gasteiger partial charge in [-0.2, -0.15) is 5.10 Å². The third-order valence-electron chi connectivity index (χ3n) is 4.24. The summed E-state index contributed by atoms with van der Waals surface area (Å²) in [5.41, 5.74) is 1.08. The van der Waals surface area contributed by atoms with Crippen LogP contribution in [-0.4, -0.2) is 40.7 Å². The first-order valence-electron chi connectivity index (χ1n) is 7.48. The first kappa shape index (κ1) is 15.0. The molecule has 0 spiro atoms. The van der Waals surface area contributed by atoms with Crippen LogP contribution in [0.2, 0.25) is 0 Å². The Balaban J connectivity index is 1.80. The molecule has 0 radical (unpaired) electrons. The smallest absolute Gasteiger partial charge is 0.222 e. The second kappa shape index (κ2) is 6.88. The number of hydrogen-bond acceptors (Lipinski definition) is 3. The Labute approximate surface area is 121 Å². The highest BCUT2D eigenvalue weighted by atomic mass is 16.2. The lowest BCUT2D eigenvalue weighted by molar-refractivity contribution is -0.131. The van der Waals surface area contributed by atoms with E-state index < -0.39 is 0 Å². The van der Waals surface area contributed by atoms with Crippen molar-refractivity contribution in [2.75, 3.05) is 20.1 Å². The summed E-state index contributed by atoms with van der Waals surface area (Å²) in [7, 11) is 3.77. The van der Waals surface area contributed by atoms with Crippen molar-refractivity contribution in [1.82, 2.24) is 20.0 Å². The molecule has 2 atom stereocenters. The zero-order valence-corrected chi connectivity index (χ0v) is 12.8. The van der Waals surface area contributed by atoms with E-state index in [1.807, 2.05) is 31.4 Å². The van der Waals surface area contributed by atoms with E-state index in [1.165, 1.54) is 12.8 Å². The second-order valence-electron chi connectivity index (χ2n) is 6.06. The largest absolute Gasteiger partial charge is 0.341 e. The summed E-state index contributed by atoms with van der Waals surface area (Å²) in [5.74, 6) is 1.32. The molecule has 2 rings (SSSR count). The number of amides is 1. The Morgan fingerprint density at radius 2 is 2.45 bits per heavy atom. The first-order chi connectivity index (χ1) is 9.56. The lowest BCUT2D eigenvalue weighted by atomic mass is 9.85. The molecular formula is C15H26N4O. The Morgan fingerprint density at radius 1 is 1.65 bits per heavy atom. The van der Waals surface area contributed by atoms with Crippen LogP contribution in [0.1, 0.15) is 31.7 Å². The third-order valence-corrected chi connectivity index (χ3v) is 4.24. The quantitative estimate of drug-likeness (QED) is 0.886. The molecule has 0 aliphatic carbocycles. The Bertz CT molecular complexity index is 437. The van der Waals surface area contributed by atoms with Crippen LogP contribution in [0.15, 0.2) is 12.4 Å². The summed E-state index contributed by atoms with van der Waals surface area (Å²) in [5, 5.41) is 7.56. The summed E-state index contributed by atoms with van der Waals surface area (Å²) in [6.07, 6.45) is 6.89. The number of aromatic nitrogens is 2. The van der Waals surface area contributed by atoms with Crippen LogP contribution in [-0.2, 0) is 18.4 Å². The van der Waals surface area contributed by atoms with E-state index in [0.29, 0.717) is 24.8 Å². The van der Waals surface area contributed by atoms with Crippen LogP contribution in [0.3, 0.4) is 0 Å². The highest BCUT2D eigenvalue weighted by Gasteiger charge is 2.23. The lowest BCUT2D eigenvalue weighted by Crippen LogP contribution is -2.36. The van der Waals surface area contributed by atoms with Crippen LogP contribution in [0.5, 0.6) is 0 Å². The standard InChI is InChI=1S/C15H26N4O/c1-12(14-5-4-6-16-9-14)7-15(20)18(2)10-13-8-17-19(3)11-13/h8,11-12,14,16H,4-7,9-10H2,1-3H3. The van der Waals surface area contributed by atoms with Crippen molar-refractivity contribution >= 4 is 5.91 Å². The maximum Gasteiger partial charge on any atom is 0.222 e. The Kier molecular flexibility index (Phi) is 5.17. The van der Waals surface area contributed by atoms with Crippen molar-refractivity contribution in [2.24, 2.45) is 18.9 Å². The van der Waals surface area contributed by atoms with Gasteiger partial charge in [-0.15, -0.1) is 0 Å². The molecule has 2 unspecified atom stereocenters. The van der Waals surface area contributed by atoms with Gasteiger partial charge in [0.1, 0.15) is 0 Å². The maximum absolute atomic E-state index is 12.3. The molecule has 1 saturated heterocycles.